The minimum atomic E-state index is -2.15. The van der Waals surface area contributed by atoms with Crippen LogP contribution in [0, 0.1) is 17.3 Å². The summed E-state index contributed by atoms with van der Waals surface area (Å²) < 4.78 is 34.2. The maximum atomic E-state index is 13.1. The second-order valence-electron chi connectivity index (χ2n) is 12.5. The summed E-state index contributed by atoms with van der Waals surface area (Å²) in [4.78, 5) is 75.2. The van der Waals surface area contributed by atoms with Gasteiger partial charge >= 0.3 is 35.8 Å². The van der Waals surface area contributed by atoms with Crippen LogP contribution in [0.2, 0.25) is 0 Å². The molecule has 0 aromatic carbocycles. The van der Waals surface area contributed by atoms with Crippen LogP contribution in [-0.2, 0) is 57.2 Å². The molecule has 1 heterocycles. The van der Waals surface area contributed by atoms with E-state index in [1.807, 2.05) is 0 Å². The molecule has 45 heavy (non-hydrogen) atoms. The normalized spacial score (nSPS) is 36.3. The molecule has 0 saturated carbocycles. The Morgan fingerprint density at radius 1 is 0.933 bits per heavy atom. The lowest BCUT2D eigenvalue weighted by Gasteiger charge is -2.54. The van der Waals surface area contributed by atoms with Crippen molar-refractivity contribution < 1.29 is 62.3 Å². The molecule has 250 valence electrons. The van der Waals surface area contributed by atoms with Crippen LogP contribution in [0.4, 0.5) is 0 Å². The molecule has 1 unspecified atom stereocenters. The fourth-order valence-electron chi connectivity index (χ4n) is 6.92. The molecule has 10 atom stereocenters. The molecule has 3 rings (SSSR count). The fraction of sp³-hybridized carbons (Fsp3) is 0.688. The van der Waals surface area contributed by atoms with Crippen LogP contribution in [-0.4, -0.2) is 83.1 Å². The summed E-state index contributed by atoms with van der Waals surface area (Å²) in [5, 5.41) is 12.5. The Morgan fingerprint density at radius 3 is 2.07 bits per heavy atom. The highest BCUT2D eigenvalue weighted by Crippen LogP contribution is 2.55. The van der Waals surface area contributed by atoms with Crippen LogP contribution in [0.3, 0.4) is 0 Å². The van der Waals surface area contributed by atoms with Gasteiger partial charge in [0.1, 0.15) is 30.5 Å². The van der Waals surface area contributed by atoms with Crippen molar-refractivity contribution in [2.45, 2.75) is 124 Å². The molecular formula is C32H44O13. The van der Waals surface area contributed by atoms with Crippen LogP contribution in [0.25, 0.3) is 0 Å². The number of esters is 6. The summed E-state index contributed by atoms with van der Waals surface area (Å²) in [6.45, 7) is 12.8. The minimum Gasteiger partial charge on any atom is -0.462 e. The predicted molar refractivity (Wildman–Crippen MR) is 155 cm³/mol. The number of fused-ring (bicyclic) bond motifs is 2. The van der Waals surface area contributed by atoms with Crippen molar-refractivity contribution in [3.05, 3.63) is 23.3 Å². The molecule has 2 aliphatic carbocycles. The standard InChI is InChI=1S/C32H44O13/c1-15-10-11-24(41-20(6)34)31(9)25(42-21(7)35)14-23(44-27(37)13-17(3)40-19(5)33)16(2)12-26-32(39,18(4)30(38)45-26)29(28(15)31)43-22(8)36/h10,12,17-18,23-26,28-29,39H,11,13-14H2,1-9H3/b16-12-/t17?,18-,23+,24-,25+,26-,28+,29+,31+,32-/m0/s1. The van der Waals surface area contributed by atoms with Crippen molar-refractivity contribution in [2.24, 2.45) is 17.3 Å². The highest BCUT2D eigenvalue weighted by Gasteiger charge is 2.67. The number of rotatable bonds is 7. The van der Waals surface area contributed by atoms with E-state index in [1.54, 1.807) is 26.8 Å². The Morgan fingerprint density at radius 2 is 1.51 bits per heavy atom. The molecule has 1 aliphatic heterocycles. The smallest absolute Gasteiger partial charge is 0.312 e. The molecule has 0 bridgehead atoms. The molecule has 0 aromatic rings. The van der Waals surface area contributed by atoms with Gasteiger partial charge < -0.3 is 33.5 Å². The molecule has 3 aliphatic rings. The number of ether oxygens (including phenoxy) is 6. The zero-order valence-corrected chi connectivity index (χ0v) is 27.2. The molecule has 1 N–H and O–H groups in total. The van der Waals surface area contributed by atoms with Crippen molar-refractivity contribution >= 4 is 35.8 Å². The number of aliphatic hydroxyl groups is 1. The van der Waals surface area contributed by atoms with Crippen LogP contribution in [0.15, 0.2) is 23.3 Å². The highest BCUT2D eigenvalue weighted by atomic mass is 16.6. The van der Waals surface area contributed by atoms with Gasteiger partial charge in [-0.1, -0.05) is 18.6 Å². The number of carbonyl (C=O) groups excluding carboxylic acids is 6. The SMILES string of the molecule is CC(=O)OC(C)CC(=O)O[C@@H]1C[C@@H](OC(C)=O)[C@@]2(C)[C@@H](OC(C)=O)CC=C(C)[C@@H]2[C@@H](OC(C)=O)[C@@]2(O)[C@H](/C=C\1C)OC(=O)[C@@H]2C. The second kappa shape index (κ2) is 13.7. The Hall–Kier alpha value is -3.74. The Bertz CT molecular complexity index is 1280. The van der Waals surface area contributed by atoms with Gasteiger partial charge in [-0.05, 0) is 39.3 Å². The summed E-state index contributed by atoms with van der Waals surface area (Å²) >= 11 is 0. The Labute approximate surface area is 262 Å². The third-order valence-corrected chi connectivity index (χ3v) is 9.06. The van der Waals surface area contributed by atoms with Crippen LogP contribution in [0.1, 0.15) is 81.6 Å². The van der Waals surface area contributed by atoms with Gasteiger partial charge in [0.2, 0.25) is 0 Å². The quantitative estimate of drug-likeness (QED) is 0.245. The molecule has 13 nitrogen and oxygen atoms in total. The van der Waals surface area contributed by atoms with Crippen LogP contribution in [0.5, 0.6) is 0 Å². The first-order valence-corrected chi connectivity index (χ1v) is 15.0. The zero-order valence-electron chi connectivity index (χ0n) is 27.2. The van der Waals surface area contributed by atoms with Gasteiger partial charge in [-0.15, -0.1) is 0 Å². The fourth-order valence-corrected chi connectivity index (χ4v) is 6.92. The monoisotopic (exact) mass is 636 g/mol. The summed E-state index contributed by atoms with van der Waals surface area (Å²) in [5.74, 6) is -6.30. The summed E-state index contributed by atoms with van der Waals surface area (Å²) in [6.07, 6.45) is -3.82. The van der Waals surface area contributed by atoms with Gasteiger partial charge in [-0.25, -0.2) is 0 Å². The molecule has 0 amide bonds. The molecule has 0 spiro atoms. The highest BCUT2D eigenvalue weighted by molar-refractivity contribution is 5.78. The van der Waals surface area contributed by atoms with Crippen molar-refractivity contribution in [3.63, 3.8) is 0 Å². The lowest BCUT2D eigenvalue weighted by Crippen LogP contribution is -2.65. The second-order valence-corrected chi connectivity index (χ2v) is 12.5. The maximum absolute atomic E-state index is 13.1. The van der Waals surface area contributed by atoms with Crippen LogP contribution < -0.4 is 0 Å². The number of hydrogen-bond acceptors (Lipinski definition) is 13. The topological polar surface area (TPSA) is 178 Å². The lowest BCUT2D eigenvalue weighted by molar-refractivity contribution is -0.218. The minimum absolute atomic E-state index is 0.144. The third kappa shape index (κ3) is 7.40. The van der Waals surface area contributed by atoms with Gasteiger partial charge in [0.25, 0.3) is 0 Å². The van der Waals surface area contributed by atoms with E-state index in [0.29, 0.717) is 11.1 Å². The summed E-state index contributed by atoms with van der Waals surface area (Å²) in [5.41, 5.74) is -2.61. The molecule has 13 heteroatoms. The zero-order chi connectivity index (χ0) is 34.0. The van der Waals surface area contributed by atoms with Gasteiger partial charge in [-0.3, -0.25) is 28.8 Å². The lowest BCUT2D eigenvalue weighted by atomic mass is 9.56. The van der Waals surface area contributed by atoms with E-state index in [-0.39, 0.29) is 19.3 Å². The first kappa shape index (κ1) is 35.7. The van der Waals surface area contributed by atoms with E-state index in [4.69, 9.17) is 28.4 Å². The third-order valence-electron chi connectivity index (χ3n) is 9.06. The van der Waals surface area contributed by atoms with E-state index >= 15 is 0 Å². The van der Waals surface area contributed by atoms with Crippen molar-refractivity contribution in [1.82, 2.24) is 0 Å². The van der Waals surface area contributed by atoms with Crippen molar-refractivity contribution in [3.8, 4) is 0 Å². The molecule has 1 saturated heterocycles. The van der Waals surface area contributed by atoms with E-state index in [1.165, 1.54) is 47.6 Å². The summed E-state index contributed by atoms with van der Waals surface area (Å²) in [6, 6.07) is 0. The number of hydrogen-bond donors (Lipinski definition) is 1. The molecule has 0 radical (unpaired) electrons. The molecule has 0 aromatic heterocycles. The van der Waals surface area contributed by atoms with Gasteiger partial charge in [0.15, 0.2) is 11.7 Å². The Balaban J connectivity index is 2.32. The largest absolute Gasteiger partial charge is 0.462 e. The molecular weight excluding hydrogens is 592 g/mol. The average molecular weight is 637 g/mol. The van der Waals surface area contributed by atoms with Crippen LogP contribution >= 0.6 is 0 Å². The van der Waals surface area contributed by atoms with Crippen molar-refractivity contribution in [2.75, 3.05) is 0 Å². The maximum Gasteiger partial charge on any atom is 0.312 e. The average Bonchev–Trinajstić information content (AvgIpc) is 3.11. The first-order valence-electron chi connectivity index (χ1n) is 15.0. The van der Waals surface area contributed by atoms with E-state index in [9.17, 15) is 33.9 Å². The van der Waals surface area contributed by atoms with Gasteiger partial charge in [0.05, 0.1) is 17.8 Å². The first-order chi connectivity index (χ1) is 20.8. The van der Waals surface area contributed by atoms with Crippen molar-refractivity contribution in [1.29, 1.82) is 0 Å². The Kier molecular flexibility index (Phi) is 10.9. The predicted octanol–water partition coefficient (Wildman–Crippen LogP) is 2.65. The number of carbonyl (C=O) groups is 6. The molecule has 1 fully saturated rings. The van der Waals surface area contributed by atoms with Gasteiger partial charge in [-0.2, -0.15) is 0 Å². The van der Waals surface area contributed by atoms with E-state index in [2.05, 4.69) is 0 Å². The summed E-state index contributed by atoms with van der Waals surface area (Å²) in [7, 11) is 0. The van der Waals surface area contributed by atoms with Gasteiger partial charge in [0, 0.05) is 46.5 Å². The van der Waals surface area contributed by atoms with E-state index in [0.717, 1.165) is 0 Å². The van der Waals surface area contributed by atoms with E-state index < -0.39 is 95.3 Å².